The van der Waals surface area contributed by atoms with Crippen molar-refractivity contribution >= 4 is 11.7 Å². The molecule has 0 spiro atoms. The molecule has 6 heteroatoms. The largest absolute Gasteiger partial charge is 0.368 e. The molecule has 0 amide bonds. The first-order valence-electron chi connectivity index (χ1n) is 11.0. The molecule has 156 valence electrons. The number of piperazine rings is 1. The molecule has 2 aromatic rings. The molecule has 3 aliphatic heterocycles. The Morgan fingerprint density at radius 2 is 1.00 bits per heavy atom. The van der Waals surface area contributed by atoms with Crippen LogP contribution >= 0.6 is 0 Å². The molecule has 0 aliphatic carbocycles. The van der Waals surface area contributed by atoms with Gasteiger partial charge in [-0.15, -0.1) is 0 Å². The smallest absolute Gasteiger partial charge is 0.128 e. The zero-order valence-electron chi connectivity index (χ0n) is 17.5. The maximum atomic E-state index is 4.50. The second-order valence-corrected chi connectivity index (χ2v) is 8.26. The van der Waals surface area contributed by atoms with Crippen LogP contribution in [-0.2, 0) is 13.1 Å². The lowest BCUT2D eigenvalue weighted by Gasteiger charge is -2.34. The monoisotopic (exact) mass is 402 g/mol. The minimum absolute atomic E-state index is 0.887. The second-order valence-electron chi connectivity index (χ2n) is 8.26. The molecule has 3 heterocycles. The topological polar surface area (TPSA) is 55.3 Å². The average molecular weight is 403 g/mol. The molecular weight excluding hydrogens is 372 g/mol. The second kappa shape index (κ2) is 8.98. The molecule has 0 radical (unpaired) electrons. The van der Waals surface area contributed by atoms with Gasteiger partial charge in [-0.2, -0.15) is 0 Å². The van der Waals surface area contributed by atoms with Gasteiger partial charge >= 0.3 is 0 Å². The van der Waals surface area contributed by atoms with Gasteiger partial charge in [-0.3, -0.25) is 19.8 Å². The van der Waals surface area contributed by atoms with E-state index in [9.17, 15) is 0 Å². The van der Waals surface area contributed by atoms with E-state index < -0.39 is 0 Å². The van der Waals surface area contributed by atoms with Crippen LogP contribution in [0.3, 0.4) is 0 Å². The first kappa shape index (κ1) is 19.3. The van der Waals surface area contributed by atoms with E-state index in [2.05, 4.69) is 78.9 Å². The van der Waals surface area contributed by atoms with Gasteiger partial charge in [0.2, 0.25) is 0 Å². The Kier molecular flexibility index (Phi) is 5.77. The van der Waals surface area contributed by atoms with E-state index >= 15 is 0 Å². The van der Waals surface area contributed by atoms with Crippen LogP contribution in [0.4, 0.5) is 0 Å². The van der Waals surface area contributed by atoms with E-state index in [1.807, 2.05) is 0 Å². The van der Waals surface area contributed by atoms with Gasteiger partial charge in [-0.05, 0) is 11.1 Å². The Morgan fingerprint density at radius 1 is 0.600 bits per heavy atom. The molecule has 2 N–H and O–H groups in total. The molecule has 0 unspecified atom stereocenters. The maximum absolute atomic E-state index is 4.50. The van der Waals surface area contributed by atoms with Crippen molar-refractivity contribution in [2.24, 2.45) is 9.98 Å². The van der Waals surface area contributed by atoms with Crippen molar-refractivity contribution in [3.63, 3.8) is 0 Å². The van der Waals surface area contributed by atoms with E-state index in [1.165, 1.54) is 22.3 Å². The quantitative estimate of drug-likeness (QED) is 0.772. The number of rotatable bonds is 6. The summed E-state index contributed by atoms with van der Waals surface area (Å²) in [5.74, 6) is 2.08. The normalized spacial score (nSPS) is 19.9. The van der Waals surface area contributed by atoms with E-state index in [1.54, 1.807) is 0 Å². The molecule has 1 saturated heterocycles. The van der Waals surface area contributed by atoms with Gasteiger partial charge in [0.15, 0.2) is 0 Å². The van der Waals surface area contributed by atoms with Crippen LogP contribution in [0.2, 0.25) is 0 Å². The van der Waals surface area contributed by atoms with Gasteiger partial charge in [-0.1, -0.05) is 48.5 Å². The number of benzene rings is 2. The van der Waals surface area contributed by atoms with E-state index in [0.717, 1.165) is 77.1 Å². The third-order valence-corrected chi connectivity index (χ3v) is 6.08. The summed E-state index contributed by atoms with van der Waals surface area (Å²) in [6, 6.07) is 17.8. The van der Waals surface area contributed by atoms with Crippen molar-refractivity contribution in [2.75, 3.05) is 52.4 Å². The standard InChI is InChI=1S/C24H30N6/c1-5-21(23-25-9-10-26-23)6-2-19(1)17-29-13-15-30(16-14-29)18-20-3-7-22(8-4-20)24-27-11-12-28-24/h1-8H,9-18H2,(H,25,26)(H,27,28). The predicted molar refractivity (Wildman–Crippen MR) is 122 cm³/mol. The number of nitrogens with one attached hydrogen (secondary N) is 2. The molecular formula is C24H30N6. The van der Waals surface area contributed by atoms with Gasteiger partial charge in [0.25, 0.3) is 0 Å². The molecule has 2 aromatic carbocycles. The minimum Gasteiger partial charge on any atom is -0.368 e. The van der Waals surface area contributed by atoms with Crippen molar-refractivity contribution < 1.29 is 0 Å². The molecule has 30 heavy (non-hydrogen) atoms. The lowest BCUT2D eigenvalue weighted by Crippen LogP contribution is -2.45. The molecule has 0 bridgehead atoms. The van der Waals surface area contributed by atoms with E-state index in [4.69, 9.17) is 0 Å². The summed E-state index contributed by atoms with van der Waals surface area (Å²) in [6.07, 6.45) is 0. The lowest BCUT2D eigenvalue weighted by molar-refractivity contribution is 0.122. The summed E-state index contributed by atoms with van der Waals surface area (Å²) >= 11 is 0. The minimum atomic E-state index is 0.887. The Bertz CT molecular complexity index is 830. The number of hydrogen-bond donors (Lipinski definition) is 2. The van der Waals surface area contributed by atoms with E-state index in [0.29, 0.717) is 0 Å². The molecule has 6 nitrogen and oxygen atoms in total. The van der Waals surface area contributed by atoms with Crippen LogP contribution in [0.15, 0.2) is 58.5 Å². The maximum Gasteiger partial charge on any atom is 0.128 e. The summed E-state index contributed by atoms with van der Waals surface area (Å²) in [5.41, 5.74) is 5.15. The molecule has 0 atom stereocenters. The van der Waals surface area contributed by atoms with Crippen LogP contribution < -0.4 is 10.6 Å². The fourth-order valence-corrected chi connectivity index (χ4v) is 4.34. The first-order valence-corrected chi connectivity index (χ1v) is 11.0. The Morgan fingerprint density at radius 3 is 1.33 bits per heavy atom. The molecule has 5 rings (SSSR count). The van der Waals surface area contributed by atoms with Crippen LogP contribution in [0.25, 0.3) is 0 Å². The highest BCUT2D eigenvalue weighted by molar-refractivity contribution is 6.00. The third-order valence-electron chi connectivity index (χ3n) is 6.08. The number of amidine groups is 2. The highest BCUT2D eigenvalue weighted by atomic mass is 15.3. The Balaban J connectivity index is 1.09. The highest BCUT2D eigenvalue weighted by Crippen LogP contribution is 2.14. The zero-order valence-corrected chi connectivity index (χ0v) is 17.5. The van der Waals surface area contributed by atoms with Crippen molar-refractivity contribution in [3.8, 4) is 0 Å². The van der Waals surface area contributed by atoms with Crippen molar-refractivity contribution in [1.29, 1.82) is 0 Å². The first-order chi connectivity index (χ1) is 14.8. The van der Waals surface area contributed by atoms with Crippen LogP contribution in [0, 0.1) is 0 Å². The van der Waals surface area contributed by atoms with Gasteiger partial charge in [-0.25, -0.2) is 0 Å². The summed E-state index contributed by atoms with van der Waals surface area (Å²) in [7, 11) is 0. The van der Waals surface area contributed by atoms with Crippen LogP contribution in [-0.4, -0.2) is 73.8 Å². The van der Waals surface area contributed by atoms with Crippen LogP contribution in [0.5, 0.6) is 0 Å². The molecule has 1 fully saturated rings. The van der Waals surface area contributed by atoms with Gasteiger partial charge < -0.3 is 10.6 Å². The molecule has 0 aromatic heterocycles. The summed E-state index contributed by atoms with van der Waals surface area (Å²) < 4.78 is 0. The summed E-state index contributed by atoms with van der Waals surface area (Å²) in [4.78, 5) is 14.1. The van der Waals surface area contributed by atoms with Crippen LogP contribution in [0.1, 0.15) is 22.3 Å². The zero-order chi connectivity index (χ0) is 20.2. The van der Waals surface area contributed by atoms with Crippen molar-refractivity contribution in [3.05, 3.63) is 70.8 Å². The SMILES string of the molecule is c1cc(C2=NCCN2)ccc1CN1CCN(Cc2ccc(C3=NCCN3)cc2)CC1. The fraction of sp³-hybridized carbons (Fsp3) is 0.417. The third kappa shape index (κ3) is 4.55. The summed E-state index contributed by atoms with van der Waals surface area (Å²) in [6.45, 7) is 10.2. The number of hydrogen-bond acceptors (Lipinski definition) is 6. The average Bonchev–Trinajstić information content (AvgIpc) is 3.51. The van der Waals surface area contributed by atoms with Gasteiger partial charge in [0.05, 0.1) is 13.1 Å². The Labute approximate surface area is 178 Å². The van der Waals surface area contributed by atoms with E-state index in [-0.39, 0.29) is 0 Å². The molecule has 0 saturated carbocycles. The van der Waals surface area contributed by atoms with Gasteiger partial charge in [0.1, 0.15) is 11.7 Å². The van der Waals surface area contributed by atoms with Crippen molar-refractivity contribution in [1.82, 2.24) is 20.4 Å². The fourth-order valence-electron chi connectivity index (χ4n) is 4.34. The van der Waals surface area contributed by atoms with Crippen molar-refractivity contribution in [2.45, 2.75) is 13.1 Å². The lowest BCUT2D eigenvalue weighted by atomic mass is 10.1. The predicted octanol–water partition coefficient (Wildman–Crippen LogP) is 1.70. The number of aliphatic imine (C=N–C) groups is 2. The van der Waals surface area contributed by atoms with Gasteiger partial charge in [0, 0.05) is 63.5 Å². The Hall–Kier alpha value is -2.70. The highest BCUT2D eigenvalue weighted by Gasteiger charge is 2.18. The molecule has 3 aliphatic rings. The number of nitrogens with zero attached hydrogens (tertiary/aromatic N) is 4. The summed E-state index contributed by atoms with van der Waals surface area (Å²) in [5, 5.41) is 6.68.